The molecule has 0 saturated carbocycles. The minimum Gasteiger partial charge on any atom is -0.345 e. The van der Waals surface area contributed by atoms with Gasteiger partial charge >= 0.3 is 0 Å². The van der Waals surface area contributed by atoms with Gasteiger partial charge in [-0.15, -0.1) is 0 Å². The van der Waals surface area contributed by atoms with Crippen LogP contribution in [0.1, 0.15) is 59.3 Å². The fraction of sp³-hybridized carbons (Fsp3) is 0.269. The molecular weight excluding hydrogens is 420 g/mol. The van der Waals surface area contributed by atoms with Crippen LogP contribution in [0.3, 0.4) is 0 Å². The van der Waals surface area contributed by atoms with Gasteiger partial charge in [0.05, 0.1) is 10.9 Å². The molecule has 1 aliphatic carbocycles. The van der Waals surface area contributed by atoms with E-state index in [1.807, 2.05) is 0 Å². The van der Waals surface area contributed by atoms with Crippen molar-refractivity contribution in [2.24, 2.45) is 0 Å². The van der Waals surface area contributed by atoms with Crippen LogP contribution in [-0.4, -0.2) is 14.3 Å². The molecule has 166 valence electrons. The highest BCUT2D eigenvalue weighted by atomic mass is 32.2. The average molecular weight is 449 g/mol. The lowest BCUT2D eigenvalue weighted by Crippen LogP contribution is -2.28. The molecule has 4 rings (SSSR count). The van der Waals surface area contributed by atoms with Gasteiger partial charge < -0.3 is 5.32 Å². The van der Waals surface area contributed by atoms with Gasteiger partial charge in [-0.25, -0.2) is 8.42 Å². The van der Waals surface area contributed by atoms with Crippen LogP contribution in [-0.2, 0) is 22.9 Å². The van der Waals surface area contributed by atoms with Gasteiger partial charge in [-0.1, -0.05) is 43.3 Å². The molecule has 0 unspecified atom stereocenters. The summed E-state index contributed by atoms with van der Waals surface area (Å²) in [7, 11) is -3.66. The number of amides is 1. The van der Waals surface area contributed by atoms with Crippen LogP contribution in [0, 0.1) is 0 Å². The lowest BCUT2D eigenvalue weighted by atomic mass is 9.88. The summed E-state index contributed by atoms with van der Waals surface area (Å²) >= 11 is 0. The highest BCUT2D eigenvalue weighted by Crippen LogP contribution is 2.26. The van der Waals surface area contributed by atoms with Gasteiger partial charge in [0.2, 0.25) is 0 Å². The zero-order valence-electron chi connectivity index (χ0n) is 18.2. The molecule has 1 atom stereocenters. The SMILES string of the molecule is CC[C@@H](NC(=O)c1ccc(NS(=O)(=O)c2ccccc2)cc1)c1ccc2c(c1)CCCC2. The number of rotatable bonds is 7. The van der Waals surface area contributed by atoms with E-state index in [4.69, 9.17) is 0 Å². The monoisotopic (exact) mass is 448 g/mol. The largest absolute Gasteiger partial charge is 0.345 e. The lowest BCUT2D eigenvalue weighted by Gasteiger charge is -2.22. The van der Waals surface area contributed by atoms with Gasteiger partial charge in [-0.2, -0.15) is 0 Å². The number of carbonyl (C=O) groups excluding carboxylic acids is 1. The van der Waals surface area contributed by atoms with Gasteiger partial charge in [0.1, 0.15) is 0 Å². The molecule has 0 aromatic heterocycles. The maximum atomic E-state index is 12.8. The molecule has 1 amide bonds. The second-order valence-corrected chi connectivity index (χ2v) is 9.85. The van der Waals surface area contributed by atoms with E-state index < -0.39 is 10.0 Å². The number of hydrogen-bond donors (Lipinski definition) is 2. The van der Waals surface area contributed by atoms with Crippen LogP contribution in [0.15, 0.2) is 77.7 Å². The average Bonchev–Trinajstić information content (AvgIpc) is 2.83. The Morgan fingerprint density at radius 1 is 0.906 bits per heavy atom. The highest BCUT2D eigenvalue weighted by Gasteiger charge is 2.18. The summed E-state index contributed by atoms with van der Waals surface area (Å²) in [5.74, 6) is -0.174. The number of sulfonamides is 1. The first-order valence-corrected chi connectivity index (χ1v) is 12.5. The number of anilines is 1. The molecule has 3 aromatic carbocycles. The van der Waals surface area contributed by atoms with Gasteiger partial charge in [-0.3, -0.25) is 9.52 Å². The molecule has 0 fully saturated rings. The normalized spacial score (nSPS) is 14.3. The standard InChI is InChI=1S/C26H28N2O3S/c1-2-25(22-13-12-19-8-6-7-9-21(19)18-22)27-26(29)20-14-16-23(17-15-20)28-32(30,31)24-10-4-3-5-11-24/h3-5,10-18,25,28H,2,6-9H2,1H3,(H,27,29)/t25-/m1/s1. The Labute approximate surface area is 189 Å². The summed E-state index contributed by atoms with van der Waals surface area (Å²) in [6, 6.07) is 21.2. The molecule has 0 bridgehead atoms. The van der Waals surface area contributed by atoms with Crippen molar-refractivity contribution in [2.45, 2.75) is 50.0 Å². The topological polar surface area (TPSA) is 75.3 Å². The first kappa shape index (κ1) is 22.1. The number of carbonyl (C=O) groups is 1. The Kier molecular flexibility index (Phi) is 6.61. The first-order chi connectivity index (χ1) is 15.5. The Hall–Kier alpha value is -3.12. The number of aryl methyl sites for hydroxylation is 2. The van der Waals surface area contributed by atoms with Crippen LogP contribution in [0.5, 0.6) is 0 Å². The van der Waals surface area contributed by atoms with Crippen LogP contribution in [0.25, 0.3) is 0 Å². The van der Waals surface area contributed by atoms with E-state index >= 15 is 0 Å². The van der Waals surface area contributed by atoms with E-state index in [0.717, 1.165) is 24.8 Å². The quantitative estimate of drug-likeness (QED) is 0.519. The van der Waals surface area contributed by atoms with Gasteiger partial charge in [0, 0.05) is 11.3 Å². The second-order valence-electron chi connectivity index (χ2n) is 8.17. The Morgan fingerprint density at radius 3 is 2.28 bits per heavy atom. The maximum Gasteiger partial charge on any atom is 0.261 e. The molecule has 0 radical (unpaired) electrons. The van der Waals surface area contributed by atoms with Crippen molar-refractivity contribution in [3.63, 3.8) is 0 Å². The third-order valence-electron chi connectivity index (χ3n) is 5.94. The zero-order chi connectivity index (χ0) is 22.6. The van der Waals surface area contributed by atoms with Crippen molar-refractivity contribution in [3.8, 4) is 0 Å². The molecule has 0 aliphatic heterocycles. The smallest absolute Gasteiger partial charge is 0.261 e. The molecule has 2 N–H and O–H groups in total. The van der Waals surface area contributed by atoms with E-state index in [1.165, 1.54) is 36.1 Å². The van der Waals surface area contributed by atoms with Gasteiger partial charge in [0.25, 0.3) is 15.9 Å². The minimum absolute atomic E-state index is 0.0639. The maximum absolute atomic E-state index is 12.8. The van der Waals surface area contributed by atoms with E-state index in [0.29, 0.717) is 11.3 Å². The molecule has 1 aliphatic rings. The predicted octanol–water partition coefficient (Wildman–Crippen LogP) is 5.25. The number of fused-ring (bicyclic) bond motifs is 1. The second kappa shape index (κ2) is 9.57. The number of hydrogen-bond acceptors (Lipinski definition) is 3. The fourth-order valence-corrected chi connectivity index (χ4v) is 5.22. The van der Waals surface area contributed by atoms with Crippen molar-refractivity contribution < 1.29 is 13.2 Å². The van der Waals surface area contributed by atoms with Gasteiger partial charge in [0.15, 0.2) is 0 Å². The van der Waals surface area contributed by atoms with Crippen molar-refractivity contribution in [1.82, 2.24) is 5.32 Å². The summed E-state index contributed by atoms with van der Waals surface area (Å²) in [6.07, 6.45) is 5.50. The van der Waals surface area contributed by atoms with Crippen molar-refractivity contribution in [3.05, 3.63) is 95.1 Å². The molecule has 5 nitrogen and oxygen atoms in total. The highest BCUT2D eigenvalue weighted by molar-refractivity contribution is 7.92. The van der Waals surface area contributed by atoms with Crippen LogP contribution < -0.4 is 10.0 Å². The minimum atomic E-state index is -3.66. The summed E-state index contributed by atoms with van der Waals surface area (Å²) in [5, 5.41) is 3.12. The molecule has 0 saturated heterocycles. The Balaban J connectivity index is 1.44. The van der Waals surface area contributed by atoms with Gasteiger partial charge in [-0.05, 0) is 85.2 Å². The first-order valence-electron chi connectivity index (χ1n) is 11.1. The van der Waals surface area contributed by atoms with E-state index in [2.05, 4.69) is 35.2 Å². The van der Waals surface area contributed by atoms with E-state index in [9.17, 15) is 13.2 Å². The predicted molar refractivity (Wildman–Crippen MR) is 127 cm³/mol. The Bertz CT molecular complexity index is 1190. The number of benzene rings is 3. The number of nitrogens with one attached hydrogen (secondary N) is 2. The molecule has 3 aromatic rings. The molecule has 0 spiro atoms. The van der Waals surface area contributed by atoms with Crippen LogP contribution in [0.2, 0.25) is 0 Å². The summed E-state index contributed by atoms with van der Waals surface area (Å²) in [4.78, 5) is 13.0. The van der Waals surface area contributed by atoms with E-state index in [1.54, 1.807) is 42.5 Å². The molecule has 6 heteroatoms. The molecule has 0 heterocycles. The lowest BCUT2D eigenvalue weighted by molar-refractivity contribution is 0.0935. The van der Waals surface area contributed by atoms with Crippen molar-refractivity contribution in [2.75, 3.05) is 4.72 Å². The van der Waals surface area contributed by atoms with Crippen LogP contribution in [0.4, 0.5) is 5.69 Å². The third-order valence-corrected chi connectivity index (χ3v) is 7.34. The Morgan fingerprint density at radius 2 is 1.59 bits per heavy atom. The van der Waals surface area contributed by atoms with Crippen molar-refractivity contribution in [1.29, 1.82) is 0 Å². The molecule has 32 heavy (non-hydrogen) atoms. The summed E-state index contributed by atoms with van der Waals surface area (Å²) in [6.45, 7) is 2.06. The summed E-state index contributed by atoms with van der Waals surface area (Å²) in [5.41, 5.74) is 4.86. The van der Waals surface area contributed by atoms with E-state index in [-0.39, 0.29) is 16.8 Å². The van der Waals surface area contributed by atoms with Crippen molar-refractivity contribution >= 4 is 21.6 Å². The van der Waals surface area contributed by atoms with Crippen LogP contribution >= 0.6 is 0 Å². The third kappa shape index (κ3) is 5.02. The fourth-order valence-electron chi connectivity index (χ4n) is 4.14. The summed E-state index contributed by atoms with van der Waals surface area (Å²) < 4.78 is 27.5. The molecular formula is C26H28N2O3S. The zero-order valence-corrected chi connectivity index (χ0v) is 19.0.